The molecule has 0 saturated carbocycles. The molecule has 5 nitrogen and oxygen atoms in total. The van der Waals surface area contributed by atoms with Gasteiger partial charge in [0.05, 0.1) is 19.0 Å². The summed E-state index contributed by atoms with van der Waals surface area (Å²) in [6.07, 6.45) is 2.35. The third kappa shape index (κ3) is 4.63. The molecular weight excluding hydrogens is 297 g/mol. The second-order valence-corrected chi connectivity index (χ2v) is 6.10. The largest absolute Gasteiger partial charge is 0.387 e. The fraction of sp³-hybridized carbons (Fsp3) is 0.412. The quantitative estimate of drug-likeness (QED) is 0.889. The molecule has 0 aliphatic carbocycles. The van der Waals surface area contributed by atoms with E-state index in [9.17, 15) is 14.3 Å². The fourth-order valence-corrected chi connectivity index (χ4v) is 2.37. The number of rotatable bonds is 6. The summed E-state index contributed by atoms with van der Waals surface area (Å²) in [7, 11) is 1.80. The van der Waals surface area contributed by atoms with E-state index in [-0.39, 0.29) is 24.2 Å². The van der Waals surface area contributed by atoms with Gasteiger partial charge in [0, 0.05) is 19.8 Å². The van der Waals surface area contributed by atoms with Gasteiger partial charge in [0.2, 0.25) is 0 Å². The lowest BCUT2D eigenvalue weighted by atomic mass is 10.1. The molecule has 0 radical (unpaired) electrons. The van der Waals surface area contributed by atoms with Crippen LogP contribution in [0.1, 0.15) is 36.0 Å². The predicted molar refractivity (Wildman–Crippen MR) is 85.3 cm³/mol. The minimum atomic E-state index is -0.873. The zero-order valence-electron chi connectivity index (χ0n) is 13.6. The third-order valence-electron chi connectivity index (χ3n) is 3.44. The Kier molecular flexibility index (Phi) is 5.50. The molecule has 2 rings (SSSR count). The average Bonchev–Trinajstić information content (AvgIpc) is 2.92. The van der Waals surface area contributed by atoms with Crippen molar-refractivity contribution in [3.05, 3.63) is 53.9 Å². The minimum Gasteiger partial charge on any atom is -0.387 e. The van der Waals surface area contributed by atoms with E-state index in [4.69, 9.17) is 0 Å². The lowest BCUT2D eigenvalue weighted by Gasteiger charge is -2.26. The van der Waals surface area contributed by atoms with Gasteiger partial charge in [-0.3, -0.25) is 4.79 Å². The van der Waals surface area contributed by atoms with Crippen LogP contribution < -0.4 is 0 Å². The van der Waals surface area contributed by atoms with Crippen molar-refractivity contribution in [3.8, 4) is 0 Å². The van der Waals surface area contributed by atoms with Crippen LogP contribution in [-0.4, -0.2) is 38.6 Å². The smallest absolute Gasteiger partial charge is 0.274 e. The number of benzene rings is 1. The number of amides is 1. The summed E-state index contributed by atoms with van der Waals surface area (Å²) in [5.41, 5.74) is 0.924. The molecule has 0 spiro atoms. The summed E-state index contributed by atoms with van der Waals surface area (Å²) in [6, 6.07) is 5.65. The van der Waals surface area contributed by atoms with Gasteiger partial charge in [-0.1, -0.05) is 26.0 Å². The van der Waals surface area contributed by atoms with Gasteiger partial charge >= 0.3 is 0 Å². The molecule has 0 aliphatic rings. The van der Waals surface area contributed by atoms with Crippen LogP contribution in [0.2, 0.25) is 0 Å². The number of carbonyl (C=O) groups excluding carboxylic acids is 1. The number of aliphatic hydroxyl groups excluding tert-OH is 1. The van der Waals surface area contributed by atoms with Gasteiger partial charge in [-0.25, -0.2) is 9.37 Å². The maximum atomic E-state index is 13.0. The van der Waals surface area contributed by atoms with Crippen molar-refractivity contribution in [3.63, 3.8) is 0 Å². The van der Waals surface area contributed by atoms with Crippen molar-refractivity contribution < 1.29 is 14.3 Å². The minimum absolute atomic E-state index is 0.138. The van der Waals surface area contributed by atoms with Crippen LogP contribution in [0.5, 0.6) is 0 Å². The van der Waals surface area contributed by atoms with Gasteiger partial charge in [-0.05, 0) is 23.6 Å². The van der Waals surface area contributed by atoms with E-state index in [2.05, 4.69) is 4.98 Å². The zero-order valence-corrected chi connectivity index (χ0v) is 13.6. The molecule has 23 heavy (non-hydrogen) atoms. The molecule has 6 heteroatoms. The van der Waals surface area contributed by atoms with E-state index in [0.717, 1.165) is 0 Å². The first-order chi connectivity index (χ1) is 10.9. The Bertz CT molecular complexity index is 652. The molecule has 1 unspecified atom stereocenters. The number of aromatic nitrogens is 2. The Hall–Kier alpha value is -2.21. The monoisotopic (exact) mass is 319 g/mol. The van der Waals surface area contributed by atoms with Crippen LogP contribution in [0, 0.1) is 11.7 Å². The number of aryl methyl sites for hydroxylation is 1. The Labute approximate surface area is 135 Å². The summed E-state index contributed by atoms with van der Waals surface area (Å²) >= 11 is 0. The Morgan fingerprint density at radius 2 is 1.96 bits per heavy atom. The number of carbonyl (C=O) groups is 1. The predicted octanol–water partition coefficient (Wildman–Crippen LogP) is 2.39. The summed E-state index contributed by atoms with van der Waals surface area (Å²) in [5, 5.41) is 10.4. The maximum absolute atomic E-state index is 13.0. The van der Waals surface area contributed by atoms with Crippen molar-refractivity contribution in [2.24, 2.45) is 13.0 Å². The zero-order chi connectivity index (χ0) is 17.0. The van der Waals surface area contributed by atoms with Crippen molar-refractivity contribution in [2.45, 2.75) is 20.0 Å². The highest BCUT2D eigenvalue weighted by atomic mass is 19.1. The number of hydrogen-bond acceptors (Lipinski definition) is 3. The van der Waals surface area contributed by atoms with Gasteiger partial charge in [-0.15, -0.1) is 0 Å². The van der Waals surface area contributed by atoms with Crippen LogP contribution in [-0.2, 0) is 7.05 Å². The molecule has 124 valence electrons. The molecule has 1 atom stereocenters. The van der Waals surface area contributed by atoms with Crippen LogP contribution >= 0.6 is 0 Å². The summed E-state index contributed by atoms with van der Waals surface area (Å²) in [6.45, 7) is 4.65. The van der Waals surface area contributed by atoms with E-state index in [1.165, 1.54) is 24.3 Å². The topological polar surface area (TPSA) is 58.4 Å². The van der Waals surface area contributed by atoms with Crippen molar-refractivity contribution in [1.82, 2.24) is 14.5 Å². The average molecular weight is 319 g/mol. The van der Waals surface area contributed by atoms with Gasteiger partial charge in [0.1, 0.15) is 11.5 Å². The fourth-order valence-electron chi connectivity index (χ4n) is 2.37. The van der Waals surface area contributed by atoms with Crippen LogP contribution in [0.3, 0.4) is 0 Å². The Morgan fingerprint density at radius 3 is 2.48 bits per heavy atom. The second-order valence-electron chi connectivity index (χ2n) is 6.10. The molecule has 1 heterocycles. The molecule has 0 aliphatic heterocycles. The van der Waals surface area contributed by atoms with E-state index >= 15 is 0 Å². The third-order valence-corrected chi connectivity index (χ3v) is 3.44. The number of hydrogen-bond donors (Lipinski definition) is 1. The second kappa shape index (κ2) is 7.37. The van der Waals surface area contributed by atoms with Gasteiger partial charge in [0.25, 0.3) is 5.91 Å². The van der Waals surface area contributed by atoms with E-state index in [1.54, 1.807) is 29.0 Å². The molecular formula is C17H22FN3O2. The standard InChI is InChI=1S/C17H22FN3O2/c1-12(2)8-21(17(23)15-9-20(3)11-19-15)10-16(22)13-4-6-14(18)7-5-13/h4-7,9,11-12,16,22H,8,10H2,1-3H3. The van der Waals surface area contributed by atoms with E-state index < -0.39 is 6.10 Å². The van der Waals surface area contributed by atoms with Crippen molar-refractivity contribution in [1.29, 1.82) is 0 Å². The molecule has 1 amide bonds. The number of nitrogens with zero attached hydrogens (tertiary/aromatic N) is 3. The number of aliphatic hydroxyl groups is 1. The molecule has 2 aromatic rings. The van der Waals surface area contributed by atoms with Crippen molar-refractivity contribution >= 4 is 5.91 Å². The molecule has 1 N–H and O–H groups in total. The van der Waals surface area contributed by atoms with Gasteiger partial charge in [-0.2, -0.15) is 0 Å². The van der Waals surface area contributed by atoms with E-state index in [0.29, 0.717) is 17.8 Å². The molecule has 1 aromatic carbocycles. The SMILES string of the molecule is CC(C)CN(CC(O)c1ccc(F)cc1)C(=O)c1cn(C)cn1. The lowest BCUT2D eigenvalue weighted by molar-refractivity contribution is 0.0589. The molecule has 0 fully saturated rings. The van der Waals surface area contributed by atoms with Gasteiger partial charge in [0.15, 0.2) is 0 Å². The summed E-state index contributed by atoms with van der Waals surface area (Å²) in [4.78, 5) is 18.3. The maximum Gasteiger partial charge on any atom is 0.274 e. The first-order valence-electron chi connectivity index (χ1n) is 7.57. The molecule has 0 saturated heterocycles. The number of imidazole rings is 1. The van der Waals surface area contributed by atoms with Gasteiger partial charge < -0.3 is 14.6 Å². The molecule has 0 bridgehead atoms. The Balaban J connectivity index is 2.14. The van der Waals surface area contributed by atoms with Crippen LogP contribution in [0.4, 0.5) is 4.39 Å². The van der Waals surface area contributed by atoms with E-state index in [1.807, 2.05) is 13.8 Å². The first kappa shape index (κ1) is 17.1. The summed E-state index contributed by atoms with van der Waals surface area (Å²) in [5.74, 6) is -0.326. The Morgan fingerprint density at radius 1 is 1.30 bits per heavy atom. The normalized spacial score (nSPS) is 12.4. The van der Waals surface area contributed by atoms with Crippen molar-refractivity contribution in [2.75, 3.05) is 13.1 Å². The highest BCUT2D eigenvalue weighted by Gasteiger charge is 2.22. The van der Waals surface area contributed by atoms with Crippen LogP contribution in [0.15, 0.2) is 36.8 Å². The summed E-state index contributed by atoms with van der Waals surface area (Å²) < 4.78 is 14.7. The lowest BCUT2D eigenvalue weighted by Crippen LogP contribution is -2.37. The molecule has 1 aromatic heterocycles. The number of halogens is 1. The highest BCUT2D eigenvalue weighted by Crippen LogP contribution is 2.17. The first-order valence-corrected chi connectivity index (χ1v) is 7.57. The highest BCUT2D eigenvalue weighted by molar-refractivity contribution is 5.92. The van der Waals surface area contributed by atoms with Crippen LogP contribution in [0.25, 0.3) is 0 Å².